The Labute approximate surface area is 245 Å². The van der Waals surface area contributed by atoms with Gasteiger partial charge in [0.15, 0.2) is 0 Å². The molecule has 1 fully saturated rings. The van der Waals surface area contributed by atoms with Crippen molar-refractivity contribution in [1.82, 2.24) is 9.47 Å². The van der Waals surface area contributed by atoms with E-state index in [0.717, 1.165) is 46.5 Å². The van der Waals surface area contributed by atoms with E-state index >= 15 is 0 Å². The van der Waals surface area contributed by atoms with E-state index in [1.807, 2.05) is 90.8 Å². The quantitative estimate of drug-likeness (QED) is 0.253. The van der Waals surface area contributed by atoms with Gasteiger partial charge in [0, 0.05) is 53.7 Å². The summed E-state index contributed by atoms with van der Waals surface area (Å²) in [6.45, 7) is 7.69. The molecule has 0 aliphatic carbocycles. The molecule has 0 radical (unpaired) electrons. The summed E-state index contributed by atoms with van der Waals surface area (Å²) in [4.78, 5) is 31.2. The number of anilines is 1. The van der Waals surface area contributed by atoms with E-state index in [-0.39, 0.29) is 23.6 Å². The van der Waals surface area contributed by atoms with Crippen LogP contribution in [0.4, 0.5) is 5.69 Å². The first-order valence-corrected chi connectivity index (χ1v) is 14.2. The fourth-order valence-corrected chi connectivity index (χ4v) is 6.25. The number of piperazine rings is 1. The Bertz CT molecular complexity index is 1860. The average Bonchev–Trinajstić information content (AvgIpc) is 3.02. The zero-order valence-corrected chi connectivity index (χ0v) is 24.0. The van der Waals surface area contributed by atoms with Crippen molar-refractivity contribution in [2.75, 3.05) is 18.0 Å². The number of hydrogen-bond acceptors (Lipinski definition) is 4. The molecule has 42 heavy (non-hydrogen) atoms. The van der Waals surface area contributed by atoms with E-state index in [1.54, 1.807) is 16.7 Å². The number of rotatable bonds is 4. The molecular weight excluding hydrogens is 520 g/mol. The molecule has 6 heteroatoms. The number of carbonyl (C=O) groups excluding carboxylic acids is 1. The fraction of sp³-hybridized carbons (Fsp3) is 0.194. The molecule has 2 heterocycles. The minimum absolute atomic E-state index is 0.0530. The molecule has 6 nitrogen and oxygen atoms in total. The second kappa shape index (κ2) is 11.0. The highest BCUT2D eigenvalue weighted by Gasteiger charge is 2.33. The summed E-state index contributed by atoms with van der Waals surface area (Å²) in [6.07, 6.45) is 1.91. The minimum Gasteiger partial charge on any atom is -0.367 e. The highest BCUT2D eigenvalue weighted by atomic mass is 16.2. The topological polar surface area (TPSA) is 69.3 Å². The van der Waals surface area contributed by atoms with E-state index in [9.17, 15) is 9.59 Å². The van der Waals surface area contributed by atoms with Crippen molar-refractivity contribution >= 4 is 22.4 Å². The number of fused-ring (bicyclic) bond motifs is 1. The van der Waals surface area contributed by atoms with Crippen LogP contribution in [0.3, 0.4) is 0 Å². The molecule has 4 aromatic carbocycles. The van der Waals surface area contributed by atoms with E-state index in [2.05, 4.69) is 36.9 Å². The first-order valence-electron chi connectivity index (χ1n) is 14.2. The summed E-state index contributed by atoms with van der Waals surface area (Å²) in [6, 6.07) is 33.1. The highest BCUT2D eigenvalue weighted by Crippen LogP contribution is 2.31. The van der Waals surface area contributed by atoms with Crippen molar-refractivity contribution in [3.63, 3.8) is 0 Å². The van der Waals surface area contributed by atoms with Crippen LogP contribution in [-0.4, -0.2) is 40.5 Å². The molecule has 6 rings (SSSR count). The normalized spacial score (nSPS) is 16.8. The van der Waals surface area contributed by atoms with Gasteiger partial charge in [-0.15, -0.1) is 0 Å². The van der Waals surface area contributed by atoms with Gasteiger partial charge in [-0.2, -0.15) is 5.26 Å². The van der Waals surface area contributed by atoms with Crippen LogP contribution >= 0.6 is 0 Å². The molecule has 208 valence electrons. The van der Waals surface area contributed by atoms with E-state index in [4.69, 9.17) is 5.26 Å². The van der Waals surface area contributed by atoms with E-state index < -0.39 is 0 Å². The molecule has 2 unspecified atom stereocenters. The molecule has 5 aromatic rings. The molecule has 0 N–H and O–H groups in total. The monoisotopic (exact) mass is 552 g/mol. The number of nitrogens with zero attached hydrogens (tertiary/aromatic N) is 4. The lowest BCUT2D eigenvalue weighted by Crippen LogP contribution is -2.58. The summed E-state index contributed by atoms with van der Waals surface area (Å²) >= 11 is 0. The predicted octanol–water partition coefficient (Wildman–Crippen LogP) is 6.58. The number of aromatic nitrogens is 1. The van der Waals surface area contributed by atoms with E-state index in [0.29, 0.717) is 16.5 Å². The van der Waals surface area contributed by atoms with Crippen LogP contribution in [0.1, 0.15) is 35.3 Å². The lowest BCUT2D eigenvalue weighted by molar-refractivity contribution is 0.0574. The van der Waals surface area contributed by atoms with Crippen molar-refractivity contribution < 1.29 is 4.79 Å². The largest absolute Gasteiger partial charge is 0.367 e. The lowest BCUT2D eigenvalue weighted by atomic mass is 9.96. The van der Waals surface area contributed by atoms with Crippen molar-refractivity contribution in [2.24, 2.45) is 0 Å². The third-order valence-electron chi connectivity index (χ3n) is 8.22. The van der Waals surface area contributed by atoms with Crippen molar-refractivity contribution in [3.8, 4) is 22.9 Å². The molecule has 0 saturated carbocycles. The van der Waals surface area contributed by atoms with Gasteiger partial charge >= 0.3 is 0 Å². The zero-order chi connectivity index (χ0) is 29.4. The standard InChI is InChI=1S/C36H32N4O2/c1-24-21-39(36(42)33-11-7-10-32(34(24)33)28-14-12-27(20-37)13-15-28)31-18-16-30(17-19-31)38-22-25(2)40(26(3)23-38)35(41)29-8-5-4-6-9-29/h4-19,21,25-26H,22-23H2,1-3H3. The third kappa shape index (κ3) is 4.84. The Morgan fingerprint density at radius 1 is 0.810 bits per heavy atom. The number of pyridine rings is 1. The van der Waals surface area contributed by atoms with Crippen LogP contribution in [0.5, 0.6) is 0 Å². The molecule has 1 aliphatic heterocycles. The summed E-state index contributed by atoms with van der Waals surface area (Å²) in [7, 11) is 0. The van der Waals surface area contributed by atoms with Gasteiger partial charge in [-0.25, -0.2) is 0 Å². The molecule has 1 aliphatic rings. The van der Waals surface area contributed by atoms with Crippen LogP contribution < -0.4 is 10.5 Å². The smallest absolute Gasteiger partial charge is 0.262 e. The van der Waals surface area contributed by atoms with Gasteiger partial charge in [0.05, 0.1) is 11.6 Å². The fourth-order valence-electron chi connectivity index (χ4n) is 6.25. The van der Waals surface area contributed by atoms with Gasteiger partial charge < -0.3 is 9.80 Å². The molecule has 0 spiro atoms. The van der Waals surface area contributed by atoms with Gasteiger partial charge in [0.25, 0.3) is 11.5 Å². The maximum absolute atomic E-state index is 13.7. The average molecular weight is 553 g/mol. The minimum atomic E-state index is -0.0749. The molecule has 1 amide bonds. The molecule has 1 saturated heterocycles. The van der Waals surface area contributed by atoms with Crippen LogP contribution in [0.15, 0.2) is 108 Å². The Morgan fingerprint density at radius 3 is 2.10 bits per heavy atom. The number of nitriles is 1. The van der Waals surface area contributed by atoms with Crippen LogP contribution in [0.25, 0.3) is 27.6 Å². The third-order valence-corrected chi connectivity index (χ3v) is 8.22. The van der Waals surface area contributed by atoms with Crippen LogP contribution in [0.2, 0.25) is 0 Å². The van der Waals surface area contributed by atoms with Gasteiger partial charge in [0.2, 0.25) is 0 Å². The Balaban J connectivity index is 1.27. The predicted molar refractivity (Wildman–Crippen MR) is 168 cm³/mol. The number of hydrogen-bond donors (Lipinski definition) is 0. The lowest BCUT2D eigenvalue weighted by Gasteiger charge is -2.45. The summed E-state index contributed by atoms with van der Waals surface area (Å²) < 4.78 is 1.71. The first kappa shape index (κ1) is 27.0. The molecule has 1 aromatic heterocycles. The zero-order valence-electron chi connectivity index (χ0n) is 24.0. The Kier molecular flexibility index (Phi) is 7.10. The van der Waals surface area contributed by atoms with Gasteiger partial charge in [-0.3, -0.25) is 14.2 Å². The SMILES string of the molecule is Cc1cn(-c2ccc(N3CC(C)N(C(=O)c4ccccc4)C(C)C3)cc2)c(=O)c2cccc(-c3ccc(C#N)cc3)c12. The summed E-state index contributed by atoms with van der Waals surface area (Å²) in [5.74, 6) is 0.0685. The maximum Gasteiger partial charge on any atom is 0.262 e. The summed E-state index contributed by atoms with van der Waals surface area (Å²) in [5.41, 5.74) is 6.06. The first-order chi connectivity index (χ1) is 20.4. The molecule has 0 bridgehead atoms. The summed E-state index contributed by atoms with van der Waals surface area (Å²) in [5, 5.41) is 10.7. The second-order valence-corrected chi connectivity index (χ2v) is 11.1. The van der Waals surface area contributed by atoms with Gasteiger partial charge in [-0.1, -0.05) is 42.5 Å². The number of benzene rings is 4. The van der Waals surface area contributed by atoms with Crippen LogP contribution in [-0.2, 0) is 0 Å². The highest BCUT2D eigenvalue weighted by molar-refractivity contribution is 5.98. The second-order valence-electron chi connectivity index (χ2n) is 11.1. The van der Waals surface area contributed by atoms with Crippen molar-refractivity contribution in [3.05, 3.63) is 130 Å². The van der Waals surface area contributed by atoms with Crippen molar-refractivity contribution in [2.45, 2.75) is 32.9 Å². The molecular formula is C36H32N4O2. The molecule has 2 atom stereocenters. The number of aryl methyl sites for hydroxylation is 1. The van der Waals surface area contributed by atoms with Gasteiger partial charge in [0.1, 0.15) is 0 Å². The van der Waals surface area contributed by atoms with Gasteiger partial charge in [-0.05, 0) is 97.4 Å². The maximum atomic E-state index is 13.7. The number of amides is 1. The Hall–Kier alpha value is -5.15. The van der Waals surface area contributed by atoms with Crippen LogP contribution in [0, 0.1) is 18.3 Å². The van der Waals surface area contributed by atoms with Crippen molar-refractivity contribution in [1.29, 1.82) is 5.26 Å². The number of carbonyl (C=O) groups is 1. The Morgan fingerprint density at radius 2 is 1.45 bits per heavy atom. The van der Waals surface area contributed by atoms with E-state index in [1.165, 1.54) is 0 Å².